The van der Waals surface area contributed by atoms with E-state index in [1.807, 2.05) is 38.0 Å². The number of ether oxygens (including phenoxy) is 5. The predicted octanol–water partition coefficient (Wildman–Crippen LogP) is 5.47. The average Bonchev–Trinajstić information content (AvgIpc) is 3.11. The van der Waals surface area contributed by atoms with Crippen LogP contribution >= 0.6 is 0 Å². The van der Waals surface area contributed by atoms with Gasteiger partial charge in [0.2, 0.25) is 0 Å². The van der Waals surface area contributed by atoms with Crippen LogP contribution in [0.1, 0.15) is 95.4 Å². The maximum atomic E-state index is 11.0. The summed E-state index contributed by atoms with van der Waals surface area (Å²) in [5.74, 6) is 0.151. The van der Waals surface area contributed by atoms with Crippen LogP contribution in [0.15, 0.2) is 73.6 Å². The first-order chi connectivity index (χ1) is 26.7. The van der Waals surface area contributed by atoms with E-state index in [-0.39, 0.29) is 36.3 Å². The van der Waals surface area contributed by atoms with Crippen LogP contribution in [0.5, 0.6) is 0 Å². The number of esters is 4. The van der Waals surface area contributed by atoms with E-state index >= 15 is 0 Å². The Kier molecular flexibility index (Phi) is 48.2. The SMILES string of the molecule is C=C(C)C(=O)OCCCC(C)(C)C.C=C(C)C(=O)OCCN(C)C.C=C(C)C(=O)OCCN(C)C.C=C(C)C(=O)OCCN(CC)CC.C=CC(=C)OCCC(C)C.[Cl-]. The molecular formula is C46H85ClN3O9-. The molecule has 13 heteroatoms. The number of halogens is 1. The van der Waals surface area contributed by atoms with Gasteiger partial charge < -0.3 is 50.8 Å². The summed E-state index contributed by atoms with van der Waals surface area (Å²) < 4.78 is 24.8. The van der Waals surface area contributed by atoms with Crippen LogP contribution in [-0.4, -0.2) is 133 Å². The van der Waals surface area contributed by atoms with Crippen molar-refractivity contribution in [2.75, 3.05) is 93.9 Å². The molecule has 12 nitrogen and oxygen atoms in total. The second kappa shape index (κ2) is 42.4. The Morgan fingerprint density at radius 2 is 0.898 bits per heavy atom. The highest BCUT2D eigenvalue weighted by molar-refractivity contribution is 5.88. The van der Waals surface area contributed by atoms with E-state index in [2.05, 4.69) is 92.8 Å². The van der Waals surface area contributed by atoms with Crippen molar-refractivity contribution in [3.05, 3.63) is 73.6 Å². The van der Waals surface area contributed by atoms with Crippen molar-refractivity contribution in [3.63, 3.8) is 0 Å². The van der Waals surface area contributed by atoms with E-state index in [0.29, 0.717) is 65.8 Å². The van der Waals surface area contributed by atoms with E-state index in [0.717, 1.165) is 58.6 Å². The molecule has 0 spiro atoms. The van der Waals surface area contributed by atoms with Gasteiger partial charge in [-0.1, -0.05) is 87.9 Å². The molecule has 0 unspecified atom stereocenters. The summed E-state index contributed by atoms with van der Waals surface area (Å²) in [5.41, 5.74) is 2.14. The van der Waals surface area contributed by atoms with Crippen molar-refractivity contribution in [1.29, 1.82) is 0 Å². The van der Waals surface area contributed by atoms with Crippen LogP contribution in [0.25, 0.3) is 0 Å². The van der Waals surface area contributed by atoms with E-state index in [1.54, 1.807) is 33.8 Å². The third-order valence-corrected chi connectivity index (χ3v) is 6.99. The minimum absolute atomic E-state index is 0. The lowest BCUT2D eigenvalue weighted by Gasteiger charge is -2.17. The van der Waals surface area contributed by atoms with E-state index < -0.39 is 0 Å². The molecular weight excluding hydrogens is 774 g/mol. The van der Waals surface area contributed by atoms with Gasteiger partial charge >= 0.3 is 23.9 Å². The van der Waals surface area contributed by atoms with Gasteiger partial charge in [-0.05, 0) is 106 Å². The summed E-state index contributed by atoms with van der Waals surface area (Å²) in [6.45, 7) is 49.6. The number of allylic oxidation sites excluding steroid dienone is 1. The first-order valence-corrected chi connectivity index (χ1v) is 19.9. The summed E-state index contributed by atoms with van der Waals surface area (Å²) in [6, 6.07) is 0. The van der Waals surface area contributed by atoms with Crippen LogP contribution in [0.2, 0.25) is 0 Å². The quantitative estimate of drug-likeness (QED) is 0.0324. The van der Waals surface area contributed by atoms with Crippen molar-refractivity contribution in [1.82, 2.24) is 14.7 Å². The third kappa shape index (κ3) is 58.7. The zero-order valence-electron chi connectivity index (χ0n) is 40.0. The van der Waals surface area contributed by atoms with Gasteiger partial charge in [0.15, 0.2) is 0 Å². The molecule has 0 aromatic heterocycles. The number of carbonyl (C=O) groups excluding carboxylic acids is 4. The summed E-state index contributed by atoms with van der Waals surface area (Å²) in [6.07, 6.45) is 4.69. The Morgan fingerprint density at radius 3 is 1.15 bits per heavy atom. The molecule has 346 valence electrons. The Labute approximate surface area is 367 Å². The molecule has 0 atom stereocenters. The molecule has 0 heterocycles. The molecule has 0 aliphatic carbocycles. The lowest BCUT2D eigenvalue weighted by Crippen LogP contribution is -3.00. The zero-order chi connectivity index (χ0) is 46.4. The molecule has 0 aromatic rings. The molecule has 0 saturated heterocycles. The van der Waals surface area contributed by atoms with Gasteiger partial charge in [0.05, 0.1) is 13.2 Å². The minimum atomic E-state index is -0.313. The number of rotatable bonds is 23. The van der Waals surface area contributed by atoms with Crippen molar-refractivity contribution in [2.45, 2.75) is 95.4 Å². The maximum Gasteiger partial charge on any atom is 0.333 e. The van der Waals surface area contributed by atoms with Crippen LogP contribution in [0.4, 0.5) is 0 Å². The van der Waals surface area contributed by atoms with Crippen LogP contribution < -0.4 is 12.4 Å². The van der Waals surface area contributed by atoms with E-state index in [4.69, 9.17) is 23.7 Å². The highest BCUT2D eigenvalue weighted by atomic mass is 35.5. The second-order valence-corrected chi connectivity index (χ2v) is 15.7. The molecule has 0 aliphatic heterocycles. The summed E-state index contributed by atoms with van der Waals surface area (Å²) >= 11 is 0. The Bertz CT molecular complexity index is 1180. The van der Waals surface area contributed by atoms with Crippen molar-refractivity contribution in [2.24, 2.45) is 11.3 Å². The summed E-state index contributed by atoms with van der Waals surface area (Å²) in [7, 11) is 7.70. The molecule has 0 amide bonds. The molecule has 0 fully saturated rings. The largest absolute Gasteiger partial charge is 1.00 e. The predicted molar refractivity (Wildman–Crippen MR) is 241 cm³/mol. The minimum Gasteiger partial charge on any atom is -1.00 e. The molecule has 0 saturated carbocycles. The second-order valence-electron chi connectivity index (χ2n) is 15.7. The number of carbonyl (C=O) groups is 4. The van der Waals surface area contributed by atoms with Crippen molar-refractivity contribution >= 4 is 23.9 Å². The zero-order valence-corrected chi connectivity index (χ0v) is 40.7. The smallest absolute Gasteiger partial charge is 0.333 e. The van der Waals surface area contributed by atoms with Gasteiger partial charge in [-0.2, -0.15) is 0 Å². The lowest BCUT2D eigenvalue weighted by molar-refractivity contribution is -0.140. The fourth-order valence-corrected chi connectivity index (χ4v) is 3.19. The normalized spacial score (nSPS) is 9.95. The molecule has 0 aromatic carbocycles. The average molecular weight is 860 g/mol. The van der Waals surface area contributed by atoms with E-state index in [9.17, 15) is 19.2 Å². The molecule has 0 aliphatic rings. The first-order valence-electron chi connectivity index (χ1n) is 19.9. The molecule has 0 radical (unpaired) electrons. The monoisotopic (exact) mass is 859 g/mol. The van der Waals surface area contributed by atoms with Crippen molar-refractivity contribution < 1.29 is 55.3 Å². The van der Waals surface area contributed by atoms with Crippen LogP contribution in [0.3, 0.4) is 0 Å². The topological polar surface area (TPSA) is 124 Å². The molecule has 0 bridgehead atoms. The van der Waals surface area contributed by atoms with Gasteiger partial charge in [-0.3, -0.25) is 0 Å². The fourth-order valence-electron chi connectivity index (χ4n) is 3.19. The summed E-state index contributed by atoms with van der Waals surface area (Å²) in [4.78, 5) is 49.6. The Balaban J connectivity index is -0.000000149. The third-order valence-electron chi connectivity index (χ3n) is 6.99. The van der Waals surface area contributed by atoms with Crippen molar-refractivity contribution in [3.8, 4) is 0 Å². The maximum absolute atomic E-state index is 11.0. The van der Waals surface area contributed by atoms with Crippen LogP contribution in [0, 0.1) is 11.3 Å². The molecule has 0 rings (SSSR count). The van der Waals surface area contributed by atoms with Gasteiger partial charge in [-0.25, -0.2) is 19.2 Å². The first kappa shape index (κ1) is 67.1. The number of hydrogen-bond donors (Lipinski definition) is 0. The lowest BCUT2D eigenvalue weighted by atomic mass is 9.91. The van der Waals surface area contributed by atoms with Gasteiger partial charge in [0, 0.05) is 41.9 Å². The van der Waals surface area contributed by atoms with Gasteiger partial charge in [0.25, 0.3) is 0 Å². The van der Waals surface area contributed by atoms with Crippen LogP contribution in [-0.2, 0) is 42.9 Å². The number of hydrogen-bond acceptors (Lipinski definition) is 12. The fraction of sp³-hybridized carbons (Fsp3) is 0.652. The number of nitrogens with zero attached hydrogens (tertiary/aromatic N) is 3. The summed E-state index contributed by atoms with van der Waals surface area (Å²) in [5, 5.41) is 0. The highest BCUT2D eigenvalue weighted by Crippen LogP contribution is 2.20. The standard InChI is InChI=1S/C11H20O2.C10H19NO2.C9H16O.2C8H15NO2.ClH/c1-9(2)10(12)13-8-6-7-11(3,4)5;1-5-11(6-2)7-8-13-10(12)9(3)4;1-5-9(4)10-7-6-8(2)3;2*1-7(2)8(10)11-6-5-9(3)4;/h1,6-8H2,2-5H3;3,5-8H2,1-2,4H3;5,8H,1,4,6-7H2,2-3H3;2*1,5-6H2,2-4H3;1H/p-1. The Morgan fingerprint density at radius 1 is 0.576 bits per heavy atom. The number of likely N-dealkylation sites (N-methyl/N-ethyl adjacent to an activating group) is 3. The molecule has 59 heavy (non-hydrogen) atoms. The van der Waals surface area contributed by atoms with E-state index in [1.165, 1.54) is 0 Å². The van der Waals surface area contributed by atoms with Gasteiger partial charge in [-0.15, -0.1) is 0 Å². The Hall–Kier alpha value is -3.71. The molecule has 0 N–H and O–H groups in total. The van der Waals surface area contributed by atoms with Gasteiger partial charge in [0.1, 0.15) is 25.6 Å². The highest BCUT2D eigenvalue weighted by Gasteiger charge is 2.10.